The van der Waals surface area contributed by atoms with Crippen molar-refractivity contribution in [2.75, 3.05) is 11.9 Å². The Morgan fingerprint density at radius 2 is 1.79 bits per heavy atom. The molecule has 1 fully saturated rings. The first kappa shape index (κ1) is 27.4. The Balaban J connectivity index is 1.39. The Hall–Kier alpha value is -3.60. The number of aryl methyl sites for hydroxylation is 1. The van der Waals surface area contributed by atoms with Crippen molar-refractivity contribution in [1.82, 2.24) is 25.2 Å². The van der Waals surface area contributed by atoms with Crippen molar-refractivity contribution >= 4 is 29.3 Å². The lowest BCUT2D eigenvalue weighted by atomic mass is 10.0. The van der Waals surface area contributed by atoms with Gasteiger partial charge in [0.2, 0.25) is 11.8 Å². The van der Waals surface area contributed by atoms with Crippen LogP contribution in [-0.2, 0) is 16.1 Å². The van der Waals surface area contributed by atoms with Crippen molar-refractivity contribution in [3.05, 3.63) is 41.2 Å². The van der Waals surface area contributed by atoms with Crippen LogP contribution < -0.4 is 10.6 Å². The first-order valence-corrected chi connectivity index (χ1v) is 13.6. The second-order valence-electron chi connectivity index (χ2n) is 9.89. The fourth-order valence-corrected chi connectivity index (χ4v) is 5.06. The lowest BCUT2D eigenvalue weighted by Crippen LogP contribution is -2.54. The van der Waals surface area contributed by atoms with Crippen molar-refractivity contribution in [2.45, 2.75) is 89.8 Å². The van der Waals surface area contributed by atoms with Crippen molar-refractivity contribution in [3.8, 4) is 0 Å². The fraction of sp³-hybridized carbons (Fsp3) is 0.556. The Morgan fingerprint density at radius 3 is 2.50 bits per heavy atom. The van der Waals surface area contributed by atoms with Crippen LogP contribution in [0.5, 0.6) is 0 Å². The van der Waals surface area contributed by atoms with E-state index in [1.165, 1.54) is 6.42 Å². The van der Waals surface area contributed by atoms with Crippen LogP contribution >= 0.6 is 0 Å². The van der Waals surface area contributed by atoms with Gasteiger partial charge in [0.25, 0.3) is 11.8 Å². The van der Waals surface area contributed by atoms with Gasteiger partial charge in [-0.1, -0.05) is 50.3 Å². The summed E-state index contributed by atoms with van der Waals surface area (Å²) in [7, 11) is 0. The molecule has 0 radical (unpaired) electrons. The van der Waals surface area contributed by atoms with Crippen LogP contribution in [0.3, 0.4) is 0 Å². The number of hydrogen-bond acceptors (Lipinski definition) is 8. The number of nitrogens with one attached hydrogen (secondary N) is 2. The van der Waals surface area contributed by atoms with Crippen LogP contribution in [0.2, 0.25) is 0 Å². The van der Waals surface area contributed by atoms with Gasteiger partial charge in [-0.05, 0) is 37.8 Å². The highest BCUT2D eigenvalue weighted by atomic mass is 16.3. The molecule has 11 heteroatoms. The number of rotatable bonds is 14. The van der Waals surface area contributed by atoms with Crippen LogP contribution in [0.1, 0.15) is 104 Å². The van der Waals surface area contributed by atoms with Crippen molar-refractivity contribution in [2.24, 2.45) is 0 Å². The number of anilines is 1. The van der Waals surface area contributed by atoms with Crippen molar-refractivity contribution < 1.29 is 24.3 Å². The zero-order chi connectivity index (χ0) is 27.1. The average molecular weight is 525 g/mol. The number of unbranched alkanes of at least 4 members (excludes halogenated alkanes) is 6. The Morgan fingerprint density at radius 1 is 1.05 bits per heavy atom. The fourth-order valence-electron chi connectivity index (χ4n) is 5.06. The van der Waals surface area contributed by atoms with Gasteiger partial charge in [0.1, 0.15) is 11.7 Å². The molecule has 2 aliphatic rings. The van der Waals surface area contributed by atoms with Gasteiger partial charge < -0.3 is 10.4 Å². The third-order valence-electron chi connectivity index (χ3n) is 7.16. The van der Waals surface area contributed by atoms with Crippen LogP contribution in [0, 0.1) is 0 Å². The van der Waals surface area contributed by atoms with Gasteiger partial charge in [-0.3, -0.25) is 34.1 Å². The van der Waals surface area contributed by atoms with E-state index in [0.29, 0.717) is 12.1 Å². The number of hydrogen-bond donors (Lipinski definition) is 3. The highest BCUT2D eigenvalue weighted by Gasteiger charge is 2.45. The van der Waals surface area contributed by atoms with Gasteiger partial charge in [-0.15, -0.1) is 5.10 Å². The summed E-state index contributed by atoms with van der Waals surface area (Å²) in [6.07, 6.45) is 10.3. The van der Waals surface area contributed by atoms with E-state index in [1.54, 1.807) is 18.2 Å². The molecule has 38 heavy (non-hydrogen) atoms. The summed E-state index contributed by atoms with van der Waals surface area (Å²) in [5, 5.41) is 23.0. The summed E-state index contributed by atoms with van der Waals surface area (Å²) >= 11 is 0. The molecule has 2 aliphatic heterocycles. The maximum Gasteiger partial charge on any atom is 0.264 e. The smallest absolute Gasteiger partial charge is 0.264 e. The van der Waals surface area contributed by atoms with Gasteiger partial charge in [-0.25, -0.2) is 0 Å². The number of carbonyl (C=O) groups is 4. The number of aromatic nitrogens is 3. The van der Waals surface area contributed by atoms with E-state index in [0.717, 1.165) is 55.7 Å². The number of fused-ring (bicyclic) bond motifs is 1. The minimum atomic E-state index is -1.00. The predicted molar refractivity (Wildman–Crippen MR) is 139 cm³/mol. The molecule has 2 unspecified atom stereocenters. The molecule has 2 aromatic rings. The van der Waals surface area contributed by atoms with Crippen LogP contribution in [-0.4, -0.2) is 61.3 Å². The third-order valence-corrected chi connectivity index (χ3v) is 7.16. The average Bonchev–Trinajstić information content (AvgIpc) is 3.47. The highest BCUT2D eigenvalue weighted by Crippen LogP contribution is 2.34. The molecular weight excluding hydrogens is 488 g/mol. The molecule has 4 amide bonds. The molecule has 4 rings (SSSR count). The van der Waals surface area contributed by atoms with Gasteiger partial charge in [0.15, 0.2) is 0 Å². The van der Waals surface area contributed by atoms with Gasteiger partial charge >= 0.3 is 0 Å². The molecule has 0 saturated carbocycles. The summed E-state index contributed by atoms with van der Waals surface area (Å²) in [4.78, 5) is 51.4. The van der Waals surface area contributed by atoms with E-state index < -0.39 is 29.7 Å². The minimum Gasteiger partial charge on any atom is -0.396 e. The topological polar surface area (TPSA) is 147 Å². The quantitative estimate of drug-likeness (QED) is 0.252. The Kier molecular flexibility index (Phi) is 9.22. The standard InChI is InChI=1S/C27H36N6O5/c1-2-19(21-17-32(31-30-21)15-8-6-4-3-5-7-9-16-34)28-20-12-10-11-18-24(20)27(38)33(26(18)37)22-13-14-23(35)29-25(22)36/h10-12,17,19,22,28,34H,2-9,13-16H2,1H3,(H,29,35,36). The summed E-state index contributed by atoms with van der Waals surface area (Å²) in [6, 6.07) is 3.79. The number of carbonyl (C=O) groups excluding carboxylic acids is 4. The van der Waals surface area contributed by atoms with E-state index in [9.17, 15) is 19.2 Å². The molecule has 2 atom stereocenters. The summed E-state index contributed by atoms with van der Waals surface area (Å²) in [6.45, 7) is 3.04. The number of aliphatic hydroxyl groups excluding tert-OH is 1. The van der Waals surface area contributed by atoms with E-state index in [1.807, 2.05) is 17.8 Å². The number of piperidine rings is 1. The van der Waals surface area contributed by atoms with Gasteiger partial charge in [-0.2, -0.15) is 0 Å². The van der Waals surface area contributed by atoms with Gasteiger partial charge in [0.05, 0.1) is 23.4 Å². The van der Waals surface area contributed by atoms with E-state index in [2.05, 4.69) is 20.9 Å². The highest BCUT2D eigenvalue weighted by molar-refractivity contribution is 6.25. The van der Waals surface area contributed by atoms with E-state index in [-0.39, 0.29) is 36.6 Å². The lowest BCUT2D eigenvalue weighted by molar-refractivity contribution is -0.136. The Labute approximate surface area is 222 Å². The summed E-state index contributed by atoms with van der Waals surface area (Å²) in [5.41, 5.74) is 1.71. The number of benzene rings is 1. The SMILES string of the molecule is CCC(Nc1cccc2c1C(=O)N(C1CCC(=O)NC1=O)C2=O)c1cn(CCCCCCCCCO)nn1. The monoisotopic (exact) mass is 524 g/mol. The second kappa shape index (κ2) is 12.8. The van der Waals surface area contributed by atoms with Gasteiger partial charge in [0, 0.05) is 25.3 Å². The van der Waals surface area contributed by atoms with Crippen LogP contribution in [0.4, 0.5) is 5.69 Å². The van der Waals surface area contributed by atoms with Crippen LogP contribution in [0.15, 0.2) is 24.4 Å². The second-order valence-corrected chi connectivity index (χ2v) is 9.89. The van der Waals surface area contributed by atoms with E-state index >= 15 is 0 Å². The normalized spacial score (nSPS) is 18.1. The molecule has 3 N–H and O–H groups in total. The van der Waals surface area contributed by atoms with Crippen molar-refractivity contribution in [3.63, 3.8) is 0 Å². The first-order chi connectivity index (χ1) is 18.4. The molecular formula is C27H36N6O5. The first-order valence-electron chi connectivity index (χ1n) is 13.6. The zero-order valence-electron chi connectivity index (χ0n) is 21.8. The lowest BCUT2D eigenvalue weighted by Gasteiger charge is -2.28. The maximum atomic E-state index is 13.4. The van der Waals surface area contributed by atoms with Crippen molar-refractivity contribution in [1.29, 1.82) is 0 Å². The molecule has 0 bridgehead atoms. The van der Waals surface area contributed by atoms with E-state index in [4.69, 9.17) is 5.11 Å². The number of nitrogens with zero attached hydrogens (tertiary/aromatic N) is 4. The predicted octanol–water partition coefficient (Wildman–Crippen LogP) is 2.97. The maximum absolute atomic E-state index is 13.4. The number of aliphatic hydroxyl groups is 1. The molecule has 1 aromatic carbocycles. The summed E-state index contributed by atoms with van der Waals surface area (Å²) in [5.74, 6) is -2.11. The molecule has 1 saturated heterocycles. The summed E-state index contributed by atoms with van der Waals surface area (Å²) < 4.78 is 1.83. The third kappa shape index (κ3) is 6.09. The molecule has 11 nitrogen and oxygen atoms in total. The molecule has 0 aliphatic carbocycles. The molecule has 204 valence electrons. The minimum absolute atomic E-state index is 0.0765. The number of amides is 4. The zero-order valence-corrected chi connectivity index (χ0v) is 21.8. The van der Waals surface area contributed by atoms with Crippen LogP contribution in [0.25, 0.3) is 0 Å². The molecule has 1 aromatic heterocycles. The molecule has 0 spiro atoms. The number of imide groups is 2. The Bertz CT molecular complexity index is 1180. The molecule has 3 heterocycles. The largest absolute Gasteiger partial charge is 0.396 e.